The lowest BCUT2D eigenvalue weighted by molar-refractivity contribution is -0.140. The SMILES string of the molecule is Cl.Cl.NCCCOC1CCN(C(=O)C2CCCN(Cc3cccc(F)c3)C2)CC1. The van der Waals surface area contributed by atoms with E-state index in [4.69, 9.17) is 10.5 Å². The normalized spacial score (nSPS) is 20.6. The molecule has 2 N–H and O–H groups in total. The van der Waals surface area contributed by atoms with Gasteiger partial charge in [-0.15, -0.1) is 24.8 Å². The molecule has 166 valence electrons. The lowest BCUT2D eigenvalue weighted by atomic mass is 9.95. The smallest absolute Gasteiger partial charge is 0.226 e. The van der Waals surface area contributed by atoms with Crippen LogP contribution in [0.3, 0.4) is 0 Å². The molecule has 2 saturated heterocycles. The van der Waals surface area contributed by atoms with Crippen molar-refractivity contribution in [3.63, 3.8) is 0 Å². The van der Waals surface area contributed by atoms with Crippen LogP contribution in [0.5, 0.6) is 0 Å². The quantitative estimate of drug-likeness (QED) is 0.649. The van der Waals surface area contributed by atoms with Gasteiger partial charge in [0.05, 0.1) is 12.0 Å². The van der Waals surface area contributed by atoms with Gasteiger partial charge in [0.1, 0.15) is 5.82 Å². The van der Waals surface area contributed by atoms with Crippen molar-refractivity contribution in [3.05, 3.63) is 35.6 Å². The molecule has 3 rings (SSSR count). The largest absolute Gasteiger partial charge is 0.378 e. The van der Waals surface area contributed by atoms with E-state index in [9.17, 15) is 9.18 Å². The van der Waals surface area contributed by atoms with E-state index in [0.29, 0.717) is 19.7 Å². The minimum absolute atomic E-state index is 0. The second kappa shape index (κ2) is 13.4. The molecule has 5 nitrogen and oxygen atoms in total. The predicted molar refractivity (Wildman–Crippen MR) is 118 cm³/mol. The van der Waals surface area contributed by atoms with E-state index in [1.165, 1.54) is 6.07 Å². The van der Waals surface area contributed by atoms with Gasteiger partial charge in [0.25, 0.3) is 0 Å². The van der Waals surface area contributed by atoms with Gasteiger partial charge in [0.2, 0.25) is 5.91 Å². The molecule has 1 aromatic carbocycles. The Morgan fingerprint density at radius 3 is 2.62 bits per heavy atom. The van der Waals surface area contributed by atoms with E-state index in [2.05, 4.69) is 4.90 Å². The Morgan fingerprint density at radius 2 is 1.93 bits per heavy atom. The van der Waals surface area contributed by atoms with Crippen molar-refractivity contribution in [1.29, 1.82) is 0 Å². The van der Waals surface area contributed by atoms with Crippen LogP contribution in [-0.2, 0) is 16.1 Å². The van der Waals surface area contributed by atoms with Crippen LogP contribution in [0.2, 0.25) is 0 Å². The summed E-state index contributed by atoms with van der Waals surface area (Å²) in [6.45, 7) is 5.38. The first-order valence-corrected chi connectivity index (χ1v) is 10.2. The van der Waals surface area contributed by atoms with Crippen LogP contribution in [0.25, 0.3) is 0 Å². The van der Waals surface area contributed by atoms with E-state index in [-0.39, 0.29) is 48.6 Å². The van der Waals surface area contributed by atoms with Crippen LogP contribution < -0.4 is 5.73 Å². The van der Waals surface area contributed by atoms with Crippen LogP contribution >= 0.6 is 24.8 Å². The molecule has 2 fully saturated rings. The molecule has 2 aliphatic rings. The number of amides is 1. The summed E-state index contributed by atoms with van der Waals surface area (Å²) in [5.41, 5.74) is 6.47. The van der Waals surface area contributed by atoms with Crippen LogP contribution in [0.1, 0.15) is 37.7 Å². The standard InChI is InChI=1S/C21H32FN3O2.2ClH/c22-19-6-1-4-17(14-19)15-24-10-2-5-18(16-24)21(26)25-11-7-20(8-12-25)27-13-3-9-23;;/h1,4,6,14,18,20H,2-3,5,7-13,15-16,23H2;2*1H. The summed E-state index contributed by atoms with van der Waals surface area (Å²) in [6.07, 6.45) is 4.95. The van der Waals surface area contributed by atoms with E-state index in [0.717, 1.165) is 63.8 Å². The number of piperidine rings is 2. The van der Waals surface area contributed by atoms with Gasteiger partial charge in [-0.3, -0.25) is 9.69 Å². The van der Waals surface area contributed by atoms with E-state index in [1.54, 1.807) is 12.1 Å². The highest BCUT2D eigenvalue weighted by Crippen LogP contribution is 2.23. The summed E-state index contributed by atoms with van der Waals surface area (Å²) in [6, 6.07) is 6.75. The Hall–Kier alpha value is -0.920. The number of nitrogens with zero attached hydrogens (tertiary/aromatic N) is 2. The van der Waals surface area contributed by atoms with Crippen molar-refractivity contribution in [2.75, 3.05) is 39.3 Å². The van der Waals surface area contributed by atoms with Gasteiger partial charge in [-0.2, -0.15) is 0 Å². The van der Waals surface area contributed by atoms with Gasteiger partial charge < -0.3 is 15.4 Å². The minimum atomic E-state index is -0.200. The maximum Gasteiger partial charge on any atom is 0.226 e. The third-order valence-electron chi connectivity index (χ3n) is 5.61. The monoisotopic (exact) mass is 449 g/mol. The van der Waals surface area contributed by atoms with Crippen molar-refractivity contribution in [2.24, 2.45) is 11.7 Å². The van der Waals surface area contributed by atoms with Gasteiger partial charge in [0, 0.05) is 32.8 Å². The zero-order chi connectivity index (χ0) is 19.1. The molecule has 8 heteroatoms. The number of rotatable bonds is 7. The summed E-state index contributed by atoms with van der Waals surface area (Å²) in [5.74, 6) is 0.134. The Labute approximate surface area is 186 Å². The predicted octanol–water partition coefficient (Wildman–Crippen LogP) is 3.24. The van der Waals surface area contributed by atoms with E-state index >= 15 is 0 Å². The first-order chi connectivity index (χ1) is 13.2. The average Bonchev–Trinajstić information content (AvgIpc) is 2.68. The number of carbonyl (C=O) groups excluding carboxylic acids is 1. The summed E-state index contributed by atoms with van der Waals surface area (Å²) >= 11 is 0. The van der Waals surface area contributed by atoms with Crippen LogP contribution in [0.4, 0.5) is 4.39 Å². The third-order valence-corrected chi connectivity index (χ3v) is 5.61. The van der Waals surface area contributed by atoms with Gasteiger partial charge in [-0.1, -0.05) is 12.1 Å². The number of benzene rings is 1. The molecular weight excluding hydrogens is 416 g/mol. The number of hydrogen-bond acceptors (Lipinski definition) is 4. The number of likely N-dealkylation sites (tertiary alicyclic amines) is 2. The van der Waals surface area contributed by atoms with Gasteiger partial charge in [0.15, 0.2) is 0 Å². The Morgan fingerprint density at radius 1 is 1.17 bits per heavy atom. The first-order valence-electron chi connectivity index (χ1n) is 10.2. The van der Waals surface area contributed by atoms with Gasteiger partial charge in [-0.05, 0) is 62.9 Å². The summed E-state index contributed by atoms with van der Waals surface area (Å²) in [4.78, 5) is 17.2. The zero-order valence-corrected chi connectivity index (χ0v) is 18.6. The van der Waals surface area contributed by atoms with Crippen molar-refractivity contribution < 1.29 is 13.9 Å². The molecule has 1 aromatic rings. The van der Waals surface area contributed by atoms with Crippen molar-refractivity contribution in [3.8, 4) is 0 Å². The first kappa shape index (κ1) is 26.1. The summed E-state index contributed by atoms with van der Waals surface area (Å²) in [5, 5.41) is 0. The molecule has 1 unspecified atom stereocenters. The number of carbonyl (C=O) groups is 1. The Balaban J connectivity index is 0.00000210. The Bertz CT molecular complexity index is 615. The van der Waals surface area contributed by atoms with Crippen molar-refractivity contribution in [2.45, 2.75) is 44.8 Å². The highest BCUT2D eigenvalue weighted by atomic mass is 35.5. The highest BCUT2D eigenvalue weighted by molar-refractivity contribution is 5.85. The fourth-order valence-electron chi connectivity index (χ4n) is 4.13. The van der Waals surface area contributed by atoms with Gasteiger partial charge in [-0.25, -0.2) is 4.39 Å². The van der Waals surface area contributed by atoms with Gasteiger partial charge >= 0.3 is 0 Å². The molecule has 1 amide bonds. The number of nitrogens with two attached hydrogens (primary N) is 1. The molecule has 29 heavy (non-hydrogen) atoms. The second-order valence-corrected chi connectivity index (χ2v) is 7.74. The molecule has 0 bridgehead atoms. The summed E-state index contributed by atoms with van der Waals surface area (Å²) in [7, 11) is 0. The van der Waals surface area contributed by atoms with Crippen molar-refractivity contribution >= 4 is 30.7 Å². The number of hydrogen-bond donors (Lipinski definition) is 1. The third kappa shape index (κ3) is 8.02. The maximum absolute atomic E-state index is 13.4. The molecule has 2 heterocycles. The molecule has 0 aliphatic carbocycles. The minimum Gasteiger partial charge on any atom is -0.378 e. The second-order valence-electron chi connectivity index (χ2n) is 7.74. The van der Waals surface area contributed by atoms with E-state index < -0.39 is 0 Å². The molecule has 0 radical (unpaired) electrons. The topological polar surface area (TPSA) is 58.8 Å². The molecule has 0 spiro atoms. The molecule has 1 atom stereocenters. The van der Waals surface area contributed by atoms with Crippen LogP contribution in [0.15, 0.2) is 24.3 Å². The lowest BCUT2D eigenvalue weighted by Crippen LogP contribution is -2.48. The lowest BCUT2D eigenvalue weighted by Gasteiger charge is -2.37. The number of halogens is 3. The fraction of sp³-hybridized carbons (Fsp3) is 0.667. The molecule has 2 aliphatic heterocycles. The van der Waals surface area contributed by atoms with E-state index in [1.807, 2.05) is 11.0 Å². The zero-order valence-electron chi connectivity index (χ0n) is 16.9. The average molecular weight is 450 g/mol. The van der Waals surface area contributed by atoms with Crippen LogP contribution in [0, 0.1) is 11.7 Å². The Kier molecular flexibility index (Phi) is 12.1. The molecular formula is C21H34Cl2FN3O2. The fourth-order valence-corrected chi connectivity index (χ4v) is 4.13. The van der Waals surface area contributed by atoms with Crippen LogP contribution in [-0.4, -0.2) is 61.1 Å². The maximum atomic E-state index is 13.4. The molecule has 0 saturated carbocycles. The highest BCUT2D eigenvalue weighted by Gasteiger charge is 2.31. The molecule has 0 aromatic heterocycles. The van der Waals surface area contributed by atoms with Crippen molar-refractivity contribution in [1.82, 2.24) is 9.80 Å². The number of ether oxygens (including phenoxy) is 1. The summed E-state index contributed by atoms with van der Waals surface area (Å²) < 4.78 is 19.2.